The number of aromatic amines is 1. The number of hydrogen-bond donors (Lipinski definition) is 3. The van der Waals surface area contributed by atoms with Crippen molar-refractivity contribution in [2.75, 3.05) is 0 Å². The Morgan fingerprint density at radius 3 is 2.58 bits per heavy atom. The number of H-pyrrole nitrogens is 1. The van der Waals surface area contributed by atoms with Crippen LogP contribution in [0.1, 0.15) is 21.6 Å². The highest BCUT2D eigenvalue weighted by molar-refractivity contribution is 5.95. The molecule has 6 nitrogen and oxygen atoms in total. The van der Waals surface area contributed by atoms with Gasteiger partial charge in [-0.2, -0.15) is 0 Å². The van der Waals surface area contributed by atoms with E-state index in [0.29, 0.717) is 11.1 Å². The van der Waals surface area contributed by atoms with Crippen molar-refractivity contribution in [3.05, 3.63) is 81.5 Å². The molecule has 3 aromatic rings. The third kappa shape index (κ3) is 3.61. The predicted molar refractivity (Wildman–Crippen MR) is 94.3 cm³/mol. The van der Waals surface area contributed by atoms with Crippen molar-refractivity contribution in [1.29, 1.82) is 0 Å². The first-order chi connectivity index (χ1) is 12.5. The maximum atomic E-state index is 12.9. The monoisotopic (exact) mass is 353 g/mol. The van der Waals surface area contributed by atoms with Crippen molar-refractivity contribution >= 4 is 5.91 Å². The van der Waals surface area contributed by atoms with Gasteiger partial charge in [-0.3, -0.25) is 9.59 Å². The van der Waals surface area contributed by atoms with Gasteiger partial charge in [0, 0.05) is 12.1 Å². The van der Waals surface area contributed by atoms with E-state index in [-0.39, 0.29) is 23.9 Å². The molecule has 0 saturated heterocycles. The van der Waals surface area contributed by atoms with E-state index in [1.54, 1.807) is 12.1 Å². The molecule has 0 saturated carbocycles. The third-order valence-corrected chi connectivity index (χ3v) is 3.88. The number of benzene rings is 2. The Labute approximate surface area is 148 Å². The minimum absolute atomic E-state index is 0.104. The minimum atomic E-state index is -0.801. The fourth-order valence-corrected chi connectivity index (χ4v) is 2.46. The molecule has 132 valence electrons. The Hall–Kier alpha value is -3.48. The normalized spacial score (nSPS) is 10.5. The molecule has 0 aliphatic heterocycles. The van der Waals surface area contributed by atoms with Gasteiger partial charge in [0.05, 0.1) is 0 Å². The van der Waals surface area contributed by atoms with Crippen molar-refractivity contribution < 1.29 is 14.3 Å². The van der Waals surface area contributed by atoms with Gasteiger partial charge in [-0.05, 0) is 30.2 Å². The zero-order valence-corrected chi connectivity index (χ0v) is 13.9. The van der Waals surface area contributed by atoms with Crippen LogP contribution >= 0.6 is 0 Å². The Morgan fingerprint density at radius 1 is 1.19 bits per heavy atom. The number of amides is 1. The standard InChI is InChI=1S/C19H16FN3O3/c1-11-4-2-3-5-14(11)17-22-15(16(24)19(26)23-17)18(25)21-10-12-6-8-13(20)9-7-12/h2-9,24H,10H2,1H3,(H,21,25)(H,22,23,26). The lowest BCUT2D eigenvalue weighted by Gasteiger charge is -2.09. The van der Waals surface area contributed by atoms with E-state index >= 15 is 0 Å². The fraction of sp³-hybridized carbons (Fsp3) is 0.105. The highest BCUT2D eigenvalue weighted by atomic mass is 19.1. The Balaban J connectivity index is 1.89. The molecular formula is C19H16FN3O3. The lowest BCUT2D eigenvalue weighted by atomic mass is 10.1. The van der Waals surface area contributed by atoms with Crippen LogP contribution in [0.4, 0.5) is 4.39 Å². The van der Waals surface area contributed by atoms with Crippen molar-refractivity contribution in [3.63, 3.8) is 0 Å². The molecular weight excluding hydrogens is 337 g/mol. The lowest BCUT2D eigenvalue weighted by molar-refractivity contribution is 0.0942. The summed E-state index contributed by atoms with van der Waals surface area (Å²) in [5.74, 6) is -1.64. The van der Waals surface area contributed by atoms with Crippen molar-refractivity contribution in [2.24, 2.45) is 0 Å². The fourth-order valence-electron chi connectivity index (χ4n) is 2.46. The number of halogens is 1. The summed E-state index contributed by atoms with van der Waals surface area (Å²) in [5, 5.41) is 12.5. The van der Waals surface area contributed by atoms with Gasteiger partial charge in [0.2, 0.25) is 5.75 Å². The summed E-state index contributed by atoms with van der Waals surface area (Å²) in [7, 11) is 0. The van der Waals surface area contributed by atoms with Crippen LogP contribution in [0.3, 0.4) is 0 Å². The minimum Gasteiger partial charge on any atom is -0.501 e. The molecule has 0 aliphatic rings. The SMILES string of the molecule is Cc1ccccc1-c1nc(C(=O)NCc2ccc(F)cc2)c(O)c(=O)[nH]1. The number of aromatic nitrogens is 2. The van der Waals surface area contributed by atoms with Gasteiger partial charge < -0.3 is 15.4 Å². The van der Waals surface area contributed by atoms with Gasteiger partial charge in [-0.1, -0.05) is 36.4 Å². The zero-order chi connectivity index (χ0) is 18.7. The van der Waals surface area contributed by atoms with Crippen LogP contribution in [0.5, 0.6) is 5.75 Å². The Morgan fingerprint density at radius 2 is 1.88 bits per heavy atom. The van der Waals surface area contributed by atoms with Gasteiger partial charge in [0.25, 0.3) is 11.5 Å². The number of aromatic hydroxyl groups is 1. The van der Waals surface area contributed by atoms with Crippen molar-refractivity contribution in [1.82, 2.24) is 15.3 Å². The quantitative estimate of drug-likeness (QED) is 0.672. The summed E-state index contributed by atoms with van der Waals surface area (Å²) in [6.45, 7) is 1.95. The number of carbonyl (C=O) groups is 1. The van der Waals surface area contributed by atoms with Crippen molar-refractivity contribution in [3.8, 4) is 17.1 Å². The first-order valence-electron chi connectivity index (χ1n) is 7.87. The second-order valence-corrected chi connectivity index (χ2v) is 5.74. The van der Waals surface area contributed by atoms with E-state index in [2.05, 4.69) is 15.3 Å². The summed E-state index contributed by atoms with van der Waals surface area (Å²) < 4.78 is 12.9. The van der Waals surface area contributed by atoms with Crippen molar-refractivity contribution in [2.45, 2.75) is 13.5 Å². The van der Waals surface area contributed by atoms with Crippen LogP contribution in [-0.4, -0.2) is 21.0 Å². The van der Waals surface area contributed by atoms with Crippen LogP contribution in [-0.2, 0) is 6.54 Å². The van der Waals surface area contributed by atoms with Gasteiger partial charge in [-0.15, -0.1) is 0 Å². The highest BCUT2D eigenvalue weighted by Gasteiger charge is 2.19. The second kappa shape index (κ2) is 7.18. The van der Waals surface area contributed by atoms with E-state index in [0.717, 1.165) is 5.56 Å². The number of aryl methyl sites for hydroxylation is 1. The highest BCUT2D eigenvalue weighted by Crippen LogP contribution is 2.20. The van der Waals surface area contributed by atoms with Crippen LogP contribution in [0.25, 0.3) is 11.4 Å². The summed E-state index contributed by atoms with van der Waals surface area (Å²) in [6, 6.07) is 12.8. The molecule has 0 spiro atoms. The smallest absolute Gasteiger partial charge is 0.294 e. The van der Waals surface area contributed by atoms with Crippen LogP contribution < -0.4 is 10.9 Å². The second-order valence-electron chi connectivity index (χ2n) is 5.74. The maximum absolute atomic E-state index is 12.9. The van der Waals surface area contributed by atoms with E-state index in [4.69, 9.17) is 0 Å². The summed E-state index contributed by atoms with van der Waals surface area (Å²) in [6.07, 6.45) is 0. The molecule has 7 heteroatoms. The average Bonchev–Trinajstić information content (AvgIpc) is 2.63. The van der Waals surface area contributed by atoms with E-state index in [1.165, 1.54) is 24.3 Å². The first kappa shape index (κ1) is 17.3. The predicted octanol–water partition coefficient (Wildman–Crippen LogP) is 2.52. The number of hydrogen-bond acceptors (Lipinski definition) is 4. The van der Waals surface area contributed by atoms with Crippen LogP contribution in [0.15, 0.2) is 53.3 Å². The van der Waals surface area contributed by atoms with Crippen LogP contribution in [0.2, 0.25) is 0 Å². The summed E-state index contributed by atoms with van der Waals surface area (Å²) in [5.41, 5.74) is 1.01. The van der Waals surface area contributed by atoms with Gasteiger partial charge in [0.1, 0.15) is 11.6 Å². The van der Waals surface area contributed by atoms with Crippen LogP contribution in [0, 0.1) is 12.7 Å². The number of carbonyl (C=O) groups excluding carboxylic acids is 1. The van der Waals surface area contributed by atoms with E-state index < -0.39 is 17.2 Å². The first-order valence-corrected chi connectivity index (χ1v) is 7.87. The third-order valence-electron chi connectivity index (χ3n) is 3.88. The molecule has 0 unspecified atom stereocenters. The summed E-state index contributed by atoms with van der Waals surface area (Å²) in [4.78, 5) is 30.9. The van der Waals surface area contributed by atoms with E-state index in [9.17, 15) is 19.1 Å². The molecule has 0 radical (unpaired) electrons. The molecule has 0 bridgehead atoms. The lowest BCUT2D eigenvalue weighted by Crippen LogP contribution is -2.26. The van der Waals surface area contributed by atoms with Gasteiger partial charge >= 0.3 is 0 Å². The molecule has 0 fully saturated rings. The molecule has 3 rings (SSSR count). The Kier molecular flexibility index (Phi) is 4.79. The number of nitrogens with one attached hydrogen (secondary N) is 2. The molecule has 1 aromatic heterocycles. The molecule has 1 amide bonds. The zero-order valence-electron chi connectivity index (χ0n) is 13.9. The average molecular weight is 353 g/mol. The van der Waals surface area contributed by atoms with Gasteiger partial charge in [0.15, 0.2) is 5.69 Å². The number of rotatable bonds is 4. The molecule has 0 aliphatic carbocycles. The van der Waals surface area contributed by atoms with E-state index in [1.807, 2.05) is 19.1 Å². The molecule has 0 atom stereocenters. The van der Waals surface area contributed by atoms with Gasteiger partial charge in [-0.25, -0.2) is 9.37 Å². The largest absolute Gasteiger partial charge is 0.501 e. The molecule has 2 aromatic carbocycles. The summed E-state index contributed by atoms with van der Waals surface area (Å²) >= 11 is 0. The molecule has 26 heavy (non-hydrogen) atoms. The Bertz CT molecular complexity index is 1010. The number of nitrogens with zero attached hydrogens (tertiary/aromatic N) is 1. The molecule has 1 heterocycles. The topological polar surface area (TPSA) is 95.1 Å². The maximum Gasteiger partial charge on any atom is 0.294 e. The molecule has 3 N–H and O–H groups in total.